The SMILES string of the molecule is Cc1nc(COc2ccc(CCC(C)N)cc2)cs1. The largest absolute Gasteiger partial charge is 0.487 e. The first-order valence-electron chi connectivity index (χ1n) is 6.52. The number of aryl methyl sites for hydroxylation is 2. The smallest absolute Gasteiger partial charge is 0.131 e. The average molecular weight is 276 g/mol. The normalized spacial score (nSPS) is 12.4. The van der Waals surface area contributed by atoms with Gasteiger partial charge in [-0.25, -0.2) is 4.98 Å². The number of hydrogen-bond donors (Lipinski definition) is 1. The number of thiazole rings is 1. The van der Waals surface area contributed by atoms with Crippen molar-refractivity contribution in [2.75, 3.05) is 0 Å². The molecule has 1 aromatic heterocycles. The van der Waals surface area contributed by atoms with Crippen LogP contribution < -0.4 is 10.5 Å². The van der Waals surface area contributed by atoms with E-state index in [1.54, 1.807) is 11.3 Å². The van der Waals surface area contributed by atoms with Gasteiger partial charge in [-0.3, -0.25) is 0 Å². The van der Waals surface area contributed by atoms with E-state index in [2.05, 4.69) is 17.1 Å². The fourth-order valence-electron chi connectivity index (χ4n) is 1.78. The first-order chi connectivity index (χ1) is 9.13. The van der Waals surface area contributed by atoms with Gasteiger partial charge >= 0.3 is 0 Å². The highest BCUT2D eigenvalue weighted by molar-refractivity contribution is 7.09. The lowest BCUT2D eigenvalue weighted by Crippen LogP contribution is -2.15. The van der Waals surface area contributed by atoms with Gasteiger partial charge in [0.05, 0.1) is 10.7 Å². The molecule has 0 spiro atoms. The summed E-state index contributed by atoms with van der Waals surface area (Å²) < 4.78 is 5.71. The molecule has 0 aliphatic heterocycles. The molecule has 19 heavy (non-hydrogen) atoms. The van der Waals surface area contributed by atoms with E-state index >= 15 is 0 Å². The molecule has 0 fully saturated rings. The van der Waals surface area contributed by atoms with Gasteiger partial charge in [0, 0.05) is 11.4 Å². The van der Waals surface area contributed by atoms with Crippen molar-refractivity contribution in [3.05, 3.63) is 45.9 Å². The molecule has 2 N–H and O–H groups in total. The van der Waals surface area contributed by atoms with Crippen LogP contribution in [0.1, 0.15) is 29.6 Å². The maximum absolute atomic E-state index is 5.75. The Bertz CT molecular complexity index is 505. The van der Waals surface area contributed by atoms with E-state index in [1.807, 2.05) is 31.4 Å². The third-order valence-electron chi connectivity index (χ3n) is 2.86. The monoisotopic (exact) mass is 276 g/mol. The fourth-order valence-corrected chi connectivity index (χ4v) is 2.38. The first-order valence-corrected chi connectivity index (χ1v) is 7.40. The molecule has 0 saturated heterocycles. The van der Waals surface area contributed by atoms with Gasteiger partial charge in [-0.05, 0) is 44.4 Å². The molecule has 1 aromatic carbocycles. The average Bonchev–Trinajstić information content (AvgIpc) is 2.81. The fraction of sp³-hybridized carbons (Fsp3) is 0.400. The van der Waals surface area contributed by atoms with Crippen molar-refractivity contribution in [2.45, 2.75) is 39.3 Å². The van der Waals surface area contributed by atoms with E-state index in [0.29, 0.717) is 6.61 Å². The lowest BCUT2D eigenvalue weighted by atomic mass is 10.1. The Morgan fingerprint density at radius 3 is 2.63 bits per heavy atom. The van der Waals surface area contributed by atoms with Gasteiger partial charge in [-0.2, -0.15) is 0 Å². The number of ether oxygens (including phenoxy) is 1. The number of hydrogen-bond acceptors (Lipinski definition) is 4. The minimum absolute atomic E-state index is 0.254. The lowest BCUT2D eigenvalue weighted by molar-refractivity contribution is 0.302. The van der Waals surface area contributed by atoms with E-state index in [9.17, 15) is 0 Å². The number of benzene rings is 1. The summed E-state index contributed by atoms with van der Waals surface area (Å²) in [5.74, 6) is 0.884. The standard InChI is InChI=1S/C15H20N2OS/c1-11(16)3-4-13-5-7-15(8-6-13)18-9-14-10-19-12(2)17-14/h5-8,10-11H,3-4,9,16H2,1-2H3. The van der Waals surface area contributed by atoms with Crippen LogP contribution in [0.15, 0.2) is 29.6 Å². The maximum Gasteiger partial charge on any atom is 0.131 e. The summed E-state index contributed by atoms with van der Waals surface area (Å²) in [6.45, 7) is 4.57. The molecule has 102 valence electrons. The quantitative estimate of drug-likeness (QED) is 0.880. The predicted octanol–water partition coefficient (Wildman–Crippen LogP) is 3.31. The van der Waals surface area contributed by atoms with E-state index in [1.165, 1.54) is 5.56 Å². The Hall–Kier alpha value is -1.39. The molecule has 3 nitrogen and oxygen atoms in total. The van der Waals surface area contributed by atoms with E-state index in [-0.39, 0.29) is 6.04 Å². The van der Waals surface area contributed by atoms with Crippen LogP contribution in [0.25, 0.3) is 0 Å². The summed E-state index contributed by atoms with van der Waals surface area (Å²) in [5.41, 5.74) is 8.04. The van der Waals surface area contributed by atoms with Crippen molar-refractivity contribution in [3.63, 3.8) is 0 Å². The predicted molar refractivity (Wildman–Crippen MR) is 79.6 cm³/mol. The third kappa shape index (κ3) is 4.65. The van der Waals surface area contributed by atoms with Gasteiger partial charge in [0.15, 0.2) is 0 Å². The van der Waals surface area contributed by atoms with Crippen LogP contribution in [-0.2, 0) is 13.0 Å². The van der Waals surface area contributed by atoms with Crippen LogP contribution in [-0.4, -0.2) is 11.0 Å². The molecule has 1 atom stereocenters. The lowest BCUT2D eigenvalue weighted by Gasteiger charge is -2.07. The molecular weight excluding hydrogens is 256 g/mol. The second kappa shape index (κ2) is 6.68. The second-order valence-corrected chi connectivity index (χ2v) is 5.87. The van der Waals surface area contributed by atoms with Crippen LogP contribution in [0, 0.1) is 6.92 Å². The van der Waals surface area contributed by atoms with Crippen LogP contribution in [0.4, 0.5) is 0 Å². The summed E-state index contributed by atoms with van der Waals surface area (Å²) in [5, 5.41) is 3.11. The topological polar surface area (TPSA) is 48.1 Å². The van der Waals surface area contributed by atoms with Crippen LogP contribution in [0.5, 0.6) is 5.75 Å². The zero-order valence-electron chi connectivity index (χ0n) is 11.4. The van der Waals surface area contributed by atoms with Crippen molar-refractivity contribution in [3.8, 4) is 5.75 Å². The molecule has 2 aromatic rings. The Morgan fingerprint density at radius 1 is 1.32 bits per heavy atom. The van der Waals surface area contributed by atoms with Gasteiger partial charge in [-0.1, -0.05) is 12.1 Å². The highest BCUT2D eigenvalue weighted by Crippen LogP contribution is 2.16. The Balaban J connectivity index is 1.84. The molecule has 0 saturated carbocycles. The number of nitrogens with two attached hydrogens (primary N) is 1. The molecular formula is C15H20N2OS. The van der Waals surface area contributed by atoms with Crippen molar-refractivity contribution in [1.29, 1.82) is 0 Å². The molecule has 0 bridgehead atoms. The minimum atomic E-state index is 0.254. The maximum atomic E-state index is 5.75. The Labute approximate surface area is 118 Å². The number of aromatic nitrogens is 1. The van der Waals surface area contributed by atoms with Crippen LogP contribution >= 0.6 is 11.3 Å². The Kier molecular flexibility index (Phi) is 4.93. The van der Waals surface area contributed by atoms with Crippen LogP contribution in [0.2, 0.25) is 0 Å². The third-order valence-corrected chi connectivity index (χ3v) is 3.69. The van der Waals surface area contributed by atoms with E-state index in [4.69, 9.17) is 10.5 Å². The summed E-state index contributed by atoms with van der Waals surface area (Å²) >= 11 is 1.65. The van der Waals surface area contributed by atoms with Crippen molar-refractivity contribution >= 4 is 11.3 Å². The summed E-state index contributed by atoms with van der Waals surface area (Å²) in [7, 11) is 0. The van der Waals surface area contributed by atoms with Gasteiger partial charge in [0.25, 0.3) is 0 Å². The zero-order valence-corrected chi connectivity index (χ0v) is 12.2. The molecule has 0 aliphatic rings. The molecule has 1 heterocycles. The molecule has 0 radical (unpaired) electrons. The molecule has 0 amide bonds. The number of rotatable bonds is 6. The number of nitrogens with zero attached hydrogens (tertiary/aromatic N) is 1. The van der Waals surface area contributed by atoms with Crippen molar-refractivity contribution < 1.29 is 4.74 Å². The second-order valence-electron chi connectivity index (χ2n) is 4.81. The summed E-state index contributed by atoms with van der Waals surface area (Å²) in [6.07, 6.45) is 2.03. The highest BCUT2D eigenvalue weighted by atomic mass is 32.1. The van der Waals surface area contributed by atoms with Crippen molar-refractivity contribution in [1.82, 2.24) is 4.98 Å². The highest BCUT2D eigenvalue weighted by Gasteiger charge is 2.01. The molecule has 1 unspecified atom stereocenters. The summed E-state index contributed by atoms with van der Waals surface area (Å²) in [6, 6.07) is 8.48. The van der Waals surface area contributed by atoms with Gasteiger partial charge in [-0.15, -0.1) is 11.3 Å². The molecule has 2 rings (SSSR count). The molecule has 4 heteroatoms. The minimum Gasteiger partial charge on any atom is -0.487 e. The first kappa shape index (κ1) is 14.0. The van der Waals surface area contributed by atoms with Gasteiger partial charge in [0.1, 0.15) is 12.4 Å². The van der Waals surface area contributed by atoms with Crippen LogP contribution in [0.3, 0.4) is 0 Å². The van der Waals surface area contributed by atoms with Gasteiger partial charge < -0.3 is 10.5 Å². The molecule has 0 aliphatic carbocycles. The Morgan fingerprint density at radius 2 is 2.05 bits per heavy atom. The zero-order chi connectivity index (χ0) is 13.7. The summed E-state index contributed by atoms with van der Waals surface area (Å²) in [4.78, 5) is 4.37. The van der Waals surface area contributed by atoms with E-state index < -0.39 is 0 Å². The van der Waals surface area contributed by atoms with E-state index in [0.717, 1.165) is 29.3 Å². The van der Waals surface area contributed by atoms with Crippen molar-refractivity contribution in [2.24, 2.45) is 5.73 Å². The van der Waals surface area contributed by atoms with Gasteiger partial charge in [0.2, 0.25) is 0 Å².